The van der Waals surface area contributed by atoms with Crippen LogP contribution < -0.4 is 5.32 Å². The van der Waals surface area contributed by atoms with Crippen LogP contribution in [-0.4, -0.2) is 17.7 Å². The van der Waals surface area contributed by atoms with Crippen molar-refractivity contribution in [1.29, 1.82) is 0 Å². The number of allylic oxidation sites excluding steroid dienone is 3. The third-order valence-electron chi connectivity index (χ3n) is 2.24. The van der Waals surface area contributed by atoms with Crippen LogP contribution >= 0.6 is 0 Å². The average Bonchev–Trinajstić information content (AvgIpc) is 2.45. The highest BCUT2D eigenvalue weighted by molar-refractivity contribution is 5.76. The van der Waals surface area contributed by atoms with Crippen LogP contribution in [0.15, 0.2) is 47.4 Å². The first-order valence-electron chi connectivity index (χ1n) is 5.64. The van der Waals surface area contributed by atoms with Gasteiger partial charge in [0.2, 0.25) is 6.41 Å². The fourth-order valence-electron chi connectivity index (χ4n) is 1.26. The quantitative estimate of drug-likeness (QED) is 0.384. The average molecular weight is 254 g/mol. The van der Waals surface area contributed by atoms with Crippen molar-refractivity contribution in [2.24, 2.45) is 0 Å². The topological polar surface area (TPSA) is 59.1 Å². The summed E-state index contributed by atoms with van der Waals surface area (Å²) < 4.78 is 0. The molecule has 0 radical (unpaired) electrons. The molecule has 0 atom stereocenters. The number of pyridine rings is 1. The molecule has 0 spiro atoms. The molecule has 1 aromatic heterocycles. The molecule has 1 N–H and O–H groups in total. The molecule has 1 rings (SSSR count). The summed E-state index contributed by atoms with van der Waals surface area (Å²) in [6, 6.07) is 3.66. The Morgan fingerprint density at radius 3 is 2.74 bits per heavy atom. The van der Waals surface area contributed by atoms with E-state index in [-0.39, 0.29) is 0 Å². The Kier molecular flexibility index (Phi) is 5.77. The highest BCUT2D eigenvalue weighted by Gasteiger charge is 1.97. The van der Waals surface area contributed by atoms with Gasteiger partial charge in [-0.3, -0.25) is 14.6 Å². The molecule has 0 saturated heterocycles. The van der Waals surface area contributed by atoms with E-state index in [0.717, 1.165) is 11.1 Å². The zero-order valence-electron chi connectivity index (χ0n) is 10.8. The van der Waals surface area contributed by atoms with Crippen LogP contribution in [0.1, 0.15) is 19.4 Å². The molecule has 0 aliphatic rings. The van der Waals surface area contributed by atoms with Crippen LogP contribution in [-0.2, 0) is 9.59 Å². The minimum Gasteiger partial charge on any atom is -0.328 e. The summed E-state index contributed by atoms with van der Waals surface area (Å²) in [6.45, 7) is 3.42. The van der Waals surface area contributed by atoms with Crippen LogP contribution in [0.5, 0.6) is 0 Å². The molecule has 19 heavy (non-hydrogen) atoms. The van der Waals surface area contributed by atoms with E-state index in [9.17, 15) is 9.59 Å². The van der Waals surface area contributed by atoms with Crippen molar-refractivity contribution in [3.63, 3.8) is 0 Å². The summed E-state index contributed by atoms with van der Waals surface area (Å²) in [6.07, 6.45) is 6.21. The molecular weight excluding hydrogens is 240 g/mol. The van der Waals surface area contributed by atoms with Crippen molar-refractivity contribution in [3.8, 4) is 11.8 Å². The van der Waals surface area contributed by atoms with E-state index in [2.05, 4.69) is 22.1 Å². The number of nitrogens with one attached hydrogen (secondary N) is 1. The molecule has 0 unspecified atom stereocenters. The second-order valence-corrected chi connectivity index (χ2v) is 3.80. The zero-order valence-corrected chi connectivity index (χ0v) is 10.8. The fourth-order valence-corrected chi connectivity index (χ4v) is 1.26. The fraction of sp³-hybridized carbons (Fsp3) is 0.133. The largest absolute Gasteiger partial charge is 0.328 e. The SMILES string of the molecule is C/C(C=O)=C(\C=C(/C)C#Cc1cccnc1)NC=O. The van der Waals surface area contributed by atoms with Crippen LogP contribution in [0, 0.1) is 11.8 Å². The van der Waals surface area contributed by atoms with Crippen LogP contribution in [0.2, 0.25) is 0 Å². The summed E-state index contributed by atoms with van der Waals surface area (Å²) in [7, 11) is 0. The summed E-state index contributed by atoms with van der Waals surface area (Å²) in [5.74, 6) is 5.87. The standard InChI is InChI=1S/C15H14N2O2/c1-12(5-6-14-4-3-7-16-9-14)8-15(17-11-19)13(2)10-18/h3-4,7-11H,1-2H3,(H,17,19)/b12-8+,15-13-. The maximum Gasteiger partial charge on any atom is 0.211 e. The monoisotopic (exact) mass is 254 g/mol. The number of aromatic nitrogens is 1. The van der Waals surface area contributed by atoms with Gasteiger partial charge < -0.3 is 5.32 Å². The summed E-state index contributed by atoms with van der Waals surface area (Å²) in [4.78, 5) is 25.1. The van der Waals surface area contributed by atoms with Crippen molar-refractivity contribution in [2.45, 2.75) is 13.8 Å². The van der Waals surface area contributed by atoms with E-state index in [0.29, 0.717) is 24.0 Å². The van der Waals surface area contributed by atoms with Gasteiger partial charge in [0.1, 0.15) is 6.29 Å². The predicted molar refractivity (Wildman–Crippen MR) is 72.8 cm³/mol. The minimum atomic E-state index is 0.439. The molecule has 0 fully saturated rings. The number of nitrogens with zero attached hydrogens (tertiary/aromatic N) is 1. The number of hydrogen-bond donors (Lipinski definition) is 1. The first-order chi connectivity index (χ1) is 9.17. The van der Waals surface area contributed by atoms with E-state index < -0.39 is 0 Å². The Morgan fingerprint density at radius 1 is 1.37 bits per heavy atom. The van der Waals surface area contributed by atoms with Crippen molar-refractivity contribution in [2.75, 3.05) is 0 Å². The Hall–Kier alpha value is -2.67. The van der Waals surface area contributed by atoms with Gasteiger partial charge in [-0.25, -0.2) is 0 Å². The molecule has 0 bridgehead atoms. The van der Waals surface area contributed by atoms with Gasteiger partial charge in [0.25, 0.3) is 0 Å². The van der Waals surface area contributed by atoms with Gasteiger partial charge in [0.05, 0.1) is 0 Å². The number of rotatable bonds is 4. The van der Waals surface area contributed by atoms with Crippen molar-refractivity contribution >= 4 is 12.7 Å². The third kappa shape index (κ3) is 5.00. The molecular formula is C15H14N2O2. The Labute approximate surface area is 112 Å². The first kappa shape index (κ1) is 14.4. The Morgan fingerprint density at radius 2 is 2.16 bits per heavy atom. The maximum atomic E-state index is 10.7. The van der Waals surface area contributed by atoms with Gasteiger partial charge in [0.15, 0.2) is 0 Å². The lowest BCUT2D eigenvalue weighted by Gasteiger charge is -2.01. The smallest absolute Gasteiger partial charge is 0.211 e. The van der Waals surface area contributed by atoms with E-state index >= 15 is 0 Å². The van der Waals surface area contributed by atoms with E-state index in [4.69, 9.17) is 0 Å². The number of amides is 1. The molecule has 1 aromatic rings. The predicted octanol–water partition coefficient (Wildman–Crippen LogP) is 1.60. The number of hydrogen-bond acceptors (Lipinski definition) is 3. The van der Waals surface area contributed by atoms with Crippen molar-refractivity contribution in [1.82, 2.24) is 10.3 Å². The molecule has 96 valence electrons. The van der Waals surface area contributed by atoms with E-state index in [1.54, 1.807) is 38.4 Å². The van der Waals surface area contributed by atoms with Crippen LogP contribution in [0.25, 0.3) is 0 Å². The molecule has 1 amide bonds. The van der Waals surface area contributed by atoms with Gasteiger partial charge >= 0.3 is 0 Å². The molecule has 0 aliphatic heterocycles. The number of carbonyl (C=O) groups is 2. The van der Waals surface area contributed by atoms with Crippen LogP contribution in [0.4, 0.5) is 0 Å². The van der Waals surface area contributed by atoms with Gasteiger partial charge in [-0.15, -0.1) is 0 Å². The first-order valence-corrected chi connectivity index (χ1v) is 5.64. The molecule has 4 nitrogen and oxygen atoms in total. The van der Waals surface area contributed by atoms with E-state index in [1.807, 2.05) is 6.07 Å². The summed E-state index contributed by atoms with van der Waals surface area (Å²) in [5, 5.41) is 2.47. The lowest BCUT2D eigenvalue weighted by molar-refractivity contribution is -0.108. The summed E-state index contributed by atoms with van der Waals surface area (Å²) in [5.41, 5.74) is 2.42. The molecule has 0 aromatic carbocycles. The highest BCUT2D eigenvalue weighted by Crippen LogP contribution is 2.03. The van der Waals surface area contributed by atoms with Crippen LogP contribution in [0.3, 0.4) is 0 Å². The van der Waals surface area contributed by atoms with Crippen molar-refractivity contribution in [3.05, 3.63) is 53.0 Å². The second kappa shape index (κ2) is 7.62. The zero-order chi connectivity index (χ0) is 14.1. The number of aldehydes is 1. The number of carbonyl (C=O) groups excluding carboxylic acids is 2. The lowest BCUT2D eigenvalue weighted by Crippen LogP contribution is -2.11. The van der Waals surface area contributed by atoms with E-state index in [1.165, 1.54) is 0 Å². The Balaban J connectivity index is 2.96. The molecule has 0 aliphatic carbocycles. The van der Waals surface area contributed by atoms with Gasteiger partial charge in [0, 0.05) is 34.8 Å². The van der Waals surface area contributed by atoms with Gasteiger partial charge in [-0.05, 0) is 32.1 Å². The molecule has 4 heteroatoms. The second-order valence-electron chi connectivity index (χ2n) is 3.80. The maximum absolute atomic E-state index is 10.7. The molecule has 0 saturated carbocycles. The molecule has 1 heterocycles. The normalized spacial score (nSPS) is 11.8. The minimum absolute atomic E-state index is 0.439. The van der Waals surface area contributed by atoms with Gasteiger partial charge in [-0.2, -0.15) is 0 Å². The van der Waals surface area contributed by atoms with Gasteiger partial charge in [-0.1, -0.05) is 11.8 Å². The Bertz CT molecular complexity index is 575. The van der Waals surface area contributed by atoms with Crippen molar-refractivity contribution < 1.29 is 9.59 Å². The lowest BCUT2D eigenvalue weighted by atomic mass is 10.1. The summed E-state index contributed by atoms with van der Waals surface area (Å²) >= 11 is 0. The third-order valence-corrected chi connectivity index (χ3v) is 2.24. The highest BCUT2D eigenvalue weighted by atomic mass is 16.1.